The van der Waals surface area contributed by atoms with E-state index in [4.69, 9.17) is 28.4 Å². The second-order valence-corrected chi connectivity index (χ2v) is 12.5. The first-order valence-electron chi connectivity index (χ1n) is 14.5. The van der Waals surface area contributed by atoms with Crippen molar-refractivity contribution in [2.45, 2.75) is 0 Å². The molecule has 254 valence electrons. The van der Waals surface area contributed by atoms with E-state index in [0.29, 0.717) is 21.9 Å². The highest BCUT2D eigenvalue weighted by Gasteiger charge is 2.18. The molecule has 0 unspecified atom stereocenters. The smallest absolute Gasteiger partial charge is 0.422 e. The molecule has 0 atom stereocenters. The second-order valence-electron chi connectivity index (χ2n) is 10.2. The lowest BCUT2D eigenvalue weighted by atomic mass is 10.1. The molecule has 50 heavy (non-hydrogen) atoms. The number of fused-ring (bicyclic) bond motifs is 2. The Bertz CT molecular complexity index is 2240. The van der Waals surface area contributed by atoms with Gasteiger partial charge < -0.3 is 17.9 Å². The van der Waals surface area contributed by atoms with Gasteiger partial charge in [0.25, 0.3) is 0 Å². The van der Waals surface area contributed by atoms with Crippen molar-refractivity contribution in [1.82, 2.24) is 4.98 Å². The predicted molar refractivity (Wildman–Crippen MR) is 185 cm³/mol. The second kappa shape index (κ2) is 15.7. The average Bonchev–Trinajstić information content (AvgIpc) is 3.08. The summed E-state index contributed by atoms with van der Waals surface area (Å²) in [4.78, 5) is 63.1. The molecular weight excluding hydrogens is 688 g/mol. The van der Waals surface area contributed by atoms with E-state index in [1.165, 1.54) is 24.3 Å². The third kappa shape index (κ3) is 10.2. The van der Waals surface area contributed by atoms with Crippen molar-refractivity contribution in [2.75, 3.05) is 0 Å². The number of benzene rings is 4. The summed E-state index contributed by atoms with van der Waals surface area (Å²) in [5, 5.41) is 1.24. The van der Waals surface area contributed by atoms with Gasteiger partial charge in [0.15, 0.2) is 0 Å². The fourth-order valence-corrected chi connectivity index (χ4v) is 5.30. The van der Waals surface area contributed by atoms with E-state index in [1.807, 2.05) is 54.6 Å². The molecule has 0 radical (unpaired) electrons. The maximum absolute atomic E-state index is 12.1. The van der Waals surface area contributed by atoms with Crippen LogP contribution in [0.15, 0.2) is 158 Å². The number of hydrogen-bond acceptors (Lipinski definition) is 9. The van der Waals surface area contributed by atoms with Crippen LogP contribution in [0.1, 0.15) is 0 Å². The molecule has 15 heteroatoms. The van der Waals surface area contributed by atoms with Gasteiger partial charge in [0.2, 0.25) is 0 Å². The maximum atomic E-state index is 12.1. The molecule has 7 aromatic rings. The molecule has 7 rings (SSSR count). The summed E-state index contributed by atoms with van der Waals surface area (Å²) < 4.78 is 41.0. The van der Waals surface area contributed by atoms with E-state index in [-0.39, 0.29) is 22.7 Å². The molecule has 0 aliphatic rings. The third-order valence-electron chi connectivity index (χ3n) is 6.60. The Morgan fingerprint density at radius 3 is 1.20 bits per heavy atom. The summed E-state index contributed by atoms with van der Waals surface area (Å²) in [5.41, 5.74) is 1.60. The predicted octanol–water partition coefficient (Wildman–Crippen LogP) is 6.94. The Morgan fingerprint density at radius 2 is 0.880 bits per heavy atom. The molecule has 3 heterocycles. The van der Waals surface area contributed by atoms with Crippen LogP contribution in [-0.2, 0) is 9.13 Å². The number of rotatable bonds is 6. The largest absolute Gasteiger partial charge is 0.524 e. The van der Waals surface area contributed by atoms with Crippen molar-refractivity contribution < 1.29 is 46.6 Å². The van der Waals surface area contributed by atoms with Gasteiger partial charge in [-0.15, -0.1) is 0 Å². The van der Waals surface area contributed by atoms with Crippen LogP contribution in [0, 0.1) is 0 Å². The Kier molecular flexibility index (Phi) is 11.2. The summed E-state index contributed by atoms with van der Waals surface area (Å²) in [6, 6.07) is 35.6. The van der Waals surface area contributed by atoms with Crippen LogP contribution in [0.3, 0.4) is 0 Å². The Hall–Kier alpha value is -5.65. The summed E-state index contributed by atoms with van der Waals surface area (Å²) in [6.45, 7) is 0. The molecule has 0 spiro atoms. The molecule has 3 aromatic heterocycles. The van der Waals surface area contributed by atoms with Gasteiger partial charge in [-0.2, -0.15) is 0 Å². The third-order valence-corrected chi connectivity index (χ3v) is 7.50. The van der Waals surface area contributed by atoms with Crippen LogP contribution in [-0.4, -0.2) is 24.6 Å². The molecule has 13 nitrogen and oxygen atoms in total. The number of phosphoric acid groups is 2. The van der Waals surface area contributed by atoms with E-state index in [9.17, 15) is 18.7 Å². The zero-order valence-corrected chi connectivity index (χ0v) is 27.5. The summed E-state index contributed by atoms with van der Waals surface area (Å²) in [6.07, 6.45) is 3.50. The van der Waals surface area contributed by atoms with Crippen LogP contribution in [0.25, 0.3) is 44.2 Å². The maximum Gasteiger partial charge on any atom is 0.524 e. The van der Waals surface area contributed by atoms with E-state index in [2.05, 4.69) is 14.0 Å². The number of nitrogens with zero attached hydrogens (tertiary/aromatic N) is 1. The van der Waals surface area contributed by atoms with E-state index >= 15 is 0 Å². The highest BCUT2D eigenvalue weighted by atomic mass is 31.2. The minimum absolute atomic E-state index is 0.0727. The first-order chi connectivity index (χ1) is 23.8. The monoisotopic (exact) mass is 715 g/mol. The molecule has 0 saturated heterocycles. The molecule has 4 N–H and O–H groups in total. The quantitative estimate of drug-likeness (QED) is 0.102. The van der Waals surface area contributed by atoms with Crippen molar-refractivity contribution in [2.24, 2.45) is 0 Å². The van der Waals surface area contributed by atoms with Gasteiger partial charge in [-0.05, 0) is 59.7 Å². The summed E-state index contributed by atoms with van der Waals surface area (Å²) in [5.74, 6) is -0.145. The number of aromatic nitrogens is 1. The van der Waals surface area contributed by atoms with Gasteiger partial charge in [0.1, 0.15) is 22.7 Å². The Balaban J connectivity index is 0.000000167. The van der Waals surface area contributed by atoms with Crippen molar-refractivity contribution in [3.8, 4) is 33.8 Å². The average molecular weight is 716 g/mol. The van der Waals surface area contributed by atoms with Gasteiger partial charge in [-0.3, -0.25) is 24.6 Å². The van der Waals surface area contributed by atoms with Crippen molar-refractivity contribution in [3.05, 3.63) is 161 Å². The lowest BCUT2D eigenvalue weighted by Crippen LogP contribution is -2.02. The molecule has 0 bridgehead atoms. The standard InChI is InChI=1S/2C15H11O6P.C5H5N/c2*16-15-13(10-4-2-1-3-5-10)8-11-6-7-12(9-14(11)20-15)21-22(17,18)19;1-2-4-6-5-3-1/h2*1-9H,(H2,17,18,19);1-5H. The van der Waals surface area contributed by atoms with Crippen molar-refractivity contribution >= 4 is 37.6 Å². The lowest BCUT2D eigenvalue weighted by molar-refractivity contribution is 0.281. The number of pyridine rings is 1. The molecule has 0 aliphatic carbocycles. The summed E-state index contributed by atoms with van der Waals surface area (Å²) >= 11 is 0. The highest BCUT2D eigenvalue weighted by molar-refractivity contribution is 7.47. The molecule has 0 amide bonds. The van der Waals surface area contributed by atoms with Gasteiger partial charge in [0.05, 0.1) is 11.1 Å². The topological polar surface area (TPSA) is 207 Å². The molecule has 0 aliphatic heterocycles. The van der Waals surface area contributed by atoms with Crippen molar-refractivity contribution in [3.63, 3.8) is 0 Å². The molecule has 0 fully saturated rings. The lowest BCUT2D eigenvalue weighted by Gasteiger charge is -2.07. The first-order valence-corrected chi connectivity index (χ1v) is 17.5. The minimum atomic E-state index is -4.65. The number of hydrogen-bond donors (Lipinski definition) is 4. The fourth-order valence-electron chi connectivity index (χ4n) is 4.52. The highest BCUT2D eigenvalue weighted by Crippen LogP contribution is 2.39. The molecular formula is C35H27NO12P2. The van der Waals surface area contributed by atoms with Gasteiger partial charge in [-0.25, -0.2) is 18.7 Å². The van der Waals surface area contributed by atoms with Crippen molar-refractivity contribution in [1.29, 1.82) is 0 Å². The summed E-state index contributed by atoms with van der Waals surface area (Å²) in [7, 11) is -9.31. The SMILES string of the molecule is O=c1oc2cc(OP(=O)(O)O)ccc2cc1-c1ccccc1.O=c1oc2cc(OP(=O)(O)O)ccc2cc1-c1ccccc1.c1ccncc1. The van der Waals surface area contributed by atoms with E-state index < -0.39 is 26.9 Å². The zero-order valence-electron chi connectivity index (χ0n) is 25.7. The zero-order chi connectivity index (χ0) is 35.7. The first kappa shape index (κ1) is 35.7. The van der Waals surface area contributed by atoms with Crippen LogP contribution >= 0.6 is 15.6 Å². The molecule has 0 saturated carbocycles. The number of phosphoric ester groups is 2. The fraction of sp³-hybridized carbons (Fsp3) is 0. The van der Waals surface area contributed by atoms with Crippen LogP contribution in [0.5, 0.6) is 11.5 Å². The molecule has 4 aromatic carbocycles. The van der Waals surface area contributed by atoms with Crippen LogP contribution in [0.4, 0.5) is 0 Å². The van der Waals surface area contributed by atoms with Gasteiger partial charge in [0, 0.05) is 35.3 Å². The minimum Gasteiger partial charge on any atom is -0.422 e. The van der Waals surface area contributed by atoms with Gasteiger partial charge >= 0.3 is 26.9 Å². The normalized spacial score (nSPS) is 11.1. The van der Waals surface area contributed by atoms with Crippen LogP contribution in [0.2, 0.25) is 0 Å². The van der Waals surface area contributed by atoms with Gasteiger partial charge in [-0.1, -0.05) is 66.7 Å². The Morgan fingerprint density at radius 1 is 0.500 bits per heavy atom. The van der Waals surface area contributed by atoms with E-state index in [1.54, 1.807) is 60.9 Å². The van der Waals surface area contributed by atoms with Crippen LogP contribution < -0.4 is 20.3 Å². The Labute approximate surface area is 283 Å². The van der Waals surface area contributed by atoms with E-state index in [0.717, 1.165) is 11.1 Å².